The summed E-state index contributed by atoms with van der Waals surface area (Å²) >= 11 is 10.4. The van der Waals surface area contributed by atoms with Gasteiger partial charge in [0.25, 0.3) is 0 Å². The molecule has 0 rings (SSSR count). The average Bonchev–Trinajstić information content (AvgIpc) is 2.52. The summed E-state index contributed by atoms with van der Waals surface area (Å²) in [7, 11) is -6.26. The van der Waals surface area contributed by atoms with Crippen LogP contribution in [-0.2, 0) is 29.3 Å². The van der Waals surface area contributed by atoms with Gasteiger partial charge >= 0.3 is 0 Å². The highest BCUT2D eigenvalue weighted by Crippen LogP contribution is 2.10. The molecule has 0 atom stereocenters. The van der Waals surface area contributed by atoms with Crippen molar-refractivity contribution in [3.8, 4) is 0 Å². The summed E-state index contributed by atoms with van der Waals surface area (Å²) in [5, 5.41) is -0.809. The van der Waals surface area contributed by atoms with E-state index in [1.165, 1.54) is 0 Å². The fraction of sp³-hybridized carbons (Fsp3) is 0.882. The predicted molar refractivity (Wildman–Crippen MR) is 110 cm³/mol. The molecule has 0 aliphatic heterocycles. The molecule has 0 fully saturated rings. The Balaban J connectivity index is 3.77. The van der Waals surface area contributed by atoms with Crippen molar-refractivity contribution in [2.24, 2.45) is 0 Å². The van der Waals surface area contributed by atoms with E-state index in [2.05, 4.69) is 0 Å². The molecule has 0 spiro atoms. The van der Waals surface area contributed by atoms with Gasteiger partial charge in [-0.2, -0.15) is 0 Å². The molecule has 0 aromatic heterocycles. The molecule has 0 heterocycles. The molecule has 0 aromatic rings. The number of sulfone groups is 2. The molecular formula is C17H30Cl2O6S2. The number of carbonyl (C=O) groups excluding carboxylic acids is 2. The molecule has 0 N–H and O–H groups in total. The van der Waals surface area contributed by atoms with Crippen molar-refractivity contribution in [2.75, 3.05) is 23.0 Å². The van der Waals surface area contributed by atoms with Crippen molar-refractivity contribution in [1.82, 2.24) is 0 Å². The third-order valence-electron chi connectivity index (χ3n) is 4.07. The Hall–Kier alpha value is -0.180. The van der Waals surface area contributed by atoms with Crippen LogP contribution >= 0.6 is 23.2 Å². The second-order valence-corrected chi connectivity index (χ2v) is 12.1. The zero-order valence-corrected chi connectivity index (χ0v) is 18.8. The first-order valence-corrected chi connectivity index (χ1v) is 13.7. The Bertz CT molecular complexity index is 588. The normalized spacial score (nSPS) is 12.2. The summed E-state index contributed by atoms with van der Waals surface area (Å²) in [4.78, 5) is 21.2. The number of hydrogen-bond acceptors (Lipinski definition) is 6. The Labute approximate surface area is 173 Å². The van der Waals surface area contributed by atoms with Gasteiger partial charge in [-0.05, 0) is 61.7 Å². The zero-order chi connectivity index (χ0) is 20.8. The lowest BCUT2D eigenvalue weighted by molar-refractivity contribution is -0.112. The van der Waals surface area contributed by atoms with Crippen LogP contribution in [0.4, 0.5) is 0 Å². The highest BCUT2D eigenvalue weighted by Gasteiger charge is 2.13. The van der Waals surface area contributed by atoms with E-state index < -0.39 is 30.2 Å². The van der Waals surface area contributed by atoms with Crippen molar-refractivity contribution in [3.05, 3.63) is 0 Å². The molecule has 0 aliphatic rings. The molecule has 0 saturated heterocycles. The van der Waals surface area contributed by atoms with Gasteiger partial charge in [-0.25, -0.2) is 16.8 Å². The van der Waals surface area contributed by atoms with E-state index in [1.54, 1.807) is 0 Å². The van der Waals surface area contributed by atoms with Gasteiger partial charge in [0.1, 0.15) is 19.7 Å². The van der Waals surface area contributed by atoms with Gasteiger partial charge in [0.15, 0.2) is 0 Å². The lowest BCUT2D eigenvalue weighted by Crippen LogP contribution is -2.13. The molecule has 0 radical (unpaired) electrons. The third-order valence-corrected chi connectivity index (χ3v) is 8.09. The van der Waals surface area contributed by atoms with Gasteiger partial charge in [-0.15, -0.1) is 0 Å². The molecule has 10 heteroatoms. The number of halogens is 2. The topological polar surface area (TPSA) is 102 Å². The SMILES string of the molecule is O=C(Cl)CCCCCS(=O)(=O)CCCCCS(=O)(=O)CCCCCC(=O)Cl. The molecule has 6 nitrogen and oxygen atoms in total. The first-order valence-electron chi connectivity index (χ1n) is 9.31. The first-order chi connectivity index (χ1) is 12.5. The van der Waals surface area contributed by atoms with Crippen LogP contribution in [0.1, 0.15) is 70.6 Å². The van der Waals surface area contributed by atoms with E-state index >= 15 is 0 Å². The highest BCUT2D eigenvalue weighted by atomic mass is 35.5. The van der Waals surface area contributed by atoms with E-state index in [0.29, 0.717) is 57.8 Å². The van der Waals surface area contributed by atoms with Crippen molar-refractivity contribution in [1.29, 1.82) is 0 Å². The molecule has 160 valence electrons. The molecule has 0 aromatic carbocycles. The maximum atomic E-state index is 11.9. The molecular weight excluding hydrogens is 435 g/mol. The van der Waals surface area contributed by atoms with Crippen molar-refractivity contribution >= 4 is 53.4 Å². The van der Waals surface area contributed by atoms with E-state index in [9.17, 15) is 26.4 Å². The predicted octanol–water partition coefficient (Wildman–Crippen LogP) is 3.64. The average molecular weight is 465 g/mol. The fourth-order valence-electron chi connectivity index (χ4n) is 2.55. The Morgan fingerprint density at radius 3 is 1.00 bits per heavy atom. The summed E-state index contributed by atoms with van der Waals surface area (Å²) in [5.74, 6) is 0.307. The number of hydrogen-bond donors (Lipinski definition) is 0. The van der Waals surface area contributed by atoms with E-state index in [-0.39, 0.29) is 35.9 Å². The molecule has 0 aliphatic carbocycles. The van der Waals surface area contributed by atoms with Gasteiger partial charge < -0.3 is 0 Å². The summed E-state index contributed by atoms with van der Waals surface area (Å²) in [5.41, 5.74) is 0. The van der Waals surface area contributed by atoms with Crippen LogP contribution in [0.25, 0.3) is 0 Å². The number of rotatable bonds is 18. The van der Waals surface area contributed by atoms with Crippen molar-refractivity contribution in [3.63, 3.8) is 0 Å². The van der Waals surface area contributed by atoms with E-state index in [0.717, 1.165) is 0 Å². The Kier molecular flexibility index (Phi) is 14.7. The van der Waals surface area contributed by atoms with Crippen LogP contribution < -0.4 is 0 Å². The van der Waals surface area contributed by atoms with Crippen molar-refractivity contribution < 1.29 is 26.4 Å². The Morgan fingerprint density at radius 2 is 0.741 bits per heavy atom. The molecule has 0 unspecified atom stereocenters. The minimum Gasteiger partial charge on any atom is -0.281 e. The minimum atomic E-state index is -3.13. The highest BCUT2D eigenvalue weighted by molar-refractivity contribution is 7.91. The minimum absolute atomic E-state index is 0.0634. The summed E-state index contributed by atoms with van der Waals surface area (Å²) in [6.45, 7) is 0. The van der Waals surface area contributed by atoms with Gasteiger partial charge in [0, 0.05) is 12.8 Å². The first kappa shape index (κ1) is 26.8. The molecule has 27 heavy (non-hydrogen) atoms. The lowest BCUT2D eigenvalue weighted by atomic mass is 10.2. The smallest absolute Gasteiger partial charge is 0.221 e. The summed E-state index contributed by atoms with van der Waals surface area (Å²) in [6.07, 6.45) is 5.50. The van der Waals surface area contributed by atoms with Crippen LogP contribution in [0.5, 0.6) is 0 Å². The van der Waals surface area contributed by atoms with Gasteiger partial charge in [-0.3, -0.25) is 9.59 Å². The monoisotopic (exact) mass is 464 g/mol. The maximum Gasteiger partial charge on any atom is 0.221 e. The lowest BCUT2D eigenvalue weighted by Gasteiger charge is -2.06. The Morgan fingerprint density at radius 1 is 0.481 bits per heavy atom. The van der Waals surface area contributed by atoms with Crippen LogP contribution in [0.3, 0.4) is 0 Å². The van der Waals surface area contributed by atoms with Gasteiger partial charge in [0.05, 0.1) is 23.0 Å². The standard InChI is InChI=1S/C17H30Cl2O6S2/c18-16(20)10-4-1-6-12-26(22,23)14-8-3-9-15-27(24,25)13-7-2-5-11-17(19)21/h1-15H2. The summed E-state index contributed by atoms with van der Waals surface area (Å²) < 4.78 is 47.6. The summed E-state index contributed by atoms with van der Waals surface area (Å²) in [6, 6.07) is 0. The molecule has 0 saturated carbocycles. The van der Waals surface area contributed by atoms with Crippen LogP contribution in [0, 0.1) is 0 Å². The largest absolute Gasteiger partial charge is 0.281 e. The van der Waals surface area contributed by atoms with Crippen molar-refractivity contribution in [2.45, 2.75) is 70.6 Å². The molecule has 0 amide bonds. The van der Waals surface area contributed by atoms with E-state index in [4.69, 9.17) is 23.2 Å². The maximum absolute atomic E-state index is 11.9. The zero-order valence-electron chi connectivity index (χ0n) is 15.6. The van der Waals surface area contributed by atoms with Crippen LogP contribution in [0.2, 0.25) is 0 Å². The van der Waals surface area contributed by atoms with Crippen LogP contribution in [0.15, 0.2) is 0 Å². The quantitative estimate of drug-likeness (QED) is 0.226. The third kappa shape index (κ3) is 18.9. The van der Waals surface area contributed by atoms with Crippen LogP contribution in [-0.4, -0.2) is 50.3 Å². The fourth-order valence-corrected chi connectivity index (χ4v) is 5.80. The van der Waals surface area contributed by atoms with Gasteiger partial charge in [-0.1, -0.05) is 19.3 Å². The molecule has 0 bridgehead atoms. The van der Waals surface area contributed by atoms with Gasteiger partial charge in [0.2, 0.25) is 10.5 Å². The van der Waals surface area contributed by atoms with E-state index in [1.807, 2.05) is 0 Å². The number of carbonyl (C=O) groups is 2. The second-order valence-electron chi connectivity index (χ2n) is 6.70. The number of unbranched alkanes of at least 4 members (excludes halogenated alkanes) is 6. The second kappa shape index (κ2) is 14.8.